The average molecular weight is 230 g/mol. The minimum absolute atomic E-state index is 0.0684. The molecule has 1 heterocycles. The minimum atomic E-state index is -1.21. The van der Waals surface area contributed by atoms with Gasteiger partial charge in [0.15, 0.2) is 0 Å². The first-order valence-corrected chi connectivity index (χ1v) is 5.69. The Bertz CT molecular complexity index is 291. The van der Waals surface area contributed by atoms with Crippen molar-refractivity contribution < 1.29 is 13.9 Å². The molecule has 2 atom stereocenters. The molecule has 4 nitrogen and oxygen atoms in total. The second-order valence-corrected chi connectivity index (χ2v) is 5.65. The van der Waals surface area contributed by atoms with Crippen LogP contribution in [0.1, 0.15) is 20.8 Å². The molecule has 0 bridgehead atoms. The lowest BCUT2D eigenvalue weighted by molar-refractivity contribution is 0.0502. The molecule has 0 aromatic carbocycles. The SMILES string of the molecule is CC(C)(C)OC(=O)NCC1(F)C2CNCC21. The zero-order valence-corrected chi connectivity index (χ0v) is 9.97. The van der Waals surface area contributed by atoms with E-state index in [4.69, 9.17) is 4.74 Å². The molecule has 5 heteroatoms. The van der Waals surface area contributed by atoms with Gasteiger partial charge in [0.1, 0.15) is 11.3 Å². The van der Waals surface area contributed by atoms with E-state index in [1.165, 1.54) is 0 Å². The molecule has 0 spiro atoms. The number of ether oxygens (including phenoxy) is 1. The number of piperidine rings is 1. The quantitative estimate of drug-likeness (QED) is 0.746. The fraction of sp³-hybridized carbons (Fsp3) is 0.909. The van der Waals surface area contributed by atoms with Gasteiger partial charge in [0.25, 0.3) is 0 Å². The van der Waals surface area contributed by atoms with Crippen molar-refractivity contribution in [3.63, 3.8) is 0 Å². The smallest absolute Gasteiger partial charge is 0.407 e. The standard InChI is InChI=1S/C11H19FN2O2/c1-10(2,3)16-9(15)14-6-11(12)7-4-13-5-8(7)11/h7-8,13H,4-6H2,1-3H3,(H,14,15). The molecule has 2 fully saturated rings. The van der Waals surface area contributed by atoms with Crippen LogP contribution in [-0.4, -0.2) is 37.0 Å². The highest BCUT2D eigenvalue weighted by Gasteiger charge is 2.67. The zero-order valence-electron chi connectivity index (χ0n) is 9.97. The highest BCUT2D eigenvalue weighted by atomic mass is 19.1. The Labute approximate surface area is 94.9 Å². The van der Waals surface area contributed by atoms with Gasteiger partial charge in [0.05, 0.1) is 6.54 Å². The fourth-order valence-electron chi connectivity index (χ4n) is 2.37. The Kier molecular flexibility index (Phi) is 2.61. The molecular formula is C11H19FN2O2. The molecule has 16 heavy (non-hydrogen) atoms. The van der Waals surface area contributed by atoms with Gasteiger partial charge in [0, 0.05) is 24.9 Å². The van der Waals surface area contributed by atoms with Gasteiger partial charge in [-0.15, -0.1) is 0 Å². The van der Waals surface area contributed by atoms with Crippen LogP contribution in [0.25, 0.3) is 0 Å². The first-order chi connectivity index (χ1) is 7.33. The number of nitrogens with one attached hydrogen (secondary N) is 2. The Morgan fingerprint density at radius 3 is 2.56 bits per heavy atom. The summed E-state index contributed by atoms with van der Waals surface area (Å²) in [5.74, 6) is 0.143. The predicted molar refractivity (Wildman–Crippen MR) is 57.9 cm³/mol. The van der Waals surface area contributed by atoms with Crippen LogP contribution in [0.15, 0.2) is 0 Å². The molecule has 1 saturated carbocycles. The average Bonchev–Trinajstić information content (AvgIpc) is 2.58. The van der Waals surface area contributed by atoms with Gasteiger partial charge in [-0.1, -0.05) is 0 Å². The summed E-state index contributed by atoms with van der Waals surface area (Å²) in [6.45, 7) is 6.86. The van der Waals surface area contributed by atoms with Gasteiger partial charge >= 0.3 is 6.09 Å². The number of halogens is 1. The Morgan fingerprint density at radius 1 is 1.50 bits per heavy atom. The van der Waals surface area contributed by atoms with Crippen molar-refractivity contribution in [2.24, 2.45) is 11.8 Å². The number of rotatable bonds is 2. The Balaban J connectivity index is 1.74. The van der Waals surface area contributed by atoms with E-state index >= 15 is 0 Å². The zero-order chi connectivity index (χ0) is 12.0. The van der Waals surface area contributed by atoms with Crippen LogP contribution < -0.4 is 10.6 Å². The van der Waals surface area contributed by atoms with Crippen molar-refractivity contribution in [2.75, 3.05) is 19.6 Å². The van der Waals surface area contributed by atoms with Gasteiger partial charge in [-0.3, -0.25) is 0 Å². The highest BCUT2D eigenvalue weighted by molar-refractivity contribution is 5.67. The number of fused-ring (bicyclic) bond motifs is 1. The number of amides is 1. The highest BCUT2D eigenvalue weighted by Crippen LogP contribution is 2.55. The molecule has 2 unspecified atom stereocenters. The molecule has 2 rings (SSSR count). The summed E-state index contributed by atoms with van der Waals surface area (Å²) >= 11 is 0. The summed E-state index contributed by atoms with van der Waals surface area (Å²) in [7, 11) is 0. The van der Waals surface area contributed by atoms with Crippen LogP contribution in [0.4, 0.5) is 9.18 Å². The lowest BCUT2D eigenvalue weighted by Gasteiger charge is -2.20. The van der Waals surface area contributed by atoms with Crippen molar-refractivity contribution in [3.05, 3.63) is 0 Å². The second-order valence-electron chi connectivity index (χ2n) is 5.65. The first-order valence-electron chi connectivity index (χ1n) is 5.69. The molecule has 1 amide bonds. The van der Waals surface area contributed by atoms with Crippen LogP contribution in [-0.2, 0) is 4.74 Å². The molecule has 2 N–H and O–H groups in total. The Hall–Kier alpha value is -0.840. The van der Waals surface area contributed by atoms with Crippen molar-refractivity contribution >= 4 is 6.09 Å². The maximum absolute atomic E-state index is 14.1. The molecular weight excluding hydrogens is 211 g/mol. The molecule has 0 aromatic heterocycles. The van der Waals surface area contributed by atoms with Gasteiger partial charge in [-0.25, -0.2) is 9.18 Å². The van der Waals surface area contributed by atoms with E-state index in [0.717, 1.165) is 13.1 Å². The van der Waals surface area contributed by atoms with Gasteiger partial charge in [-0.2, -0.15) is 0 Å². The van der Waals surface area contributed by atoms with Crippen LogP contribution in [0.5, 0.6) is 0 Å². The third-order valence-corrected chi connectivity index (χ3v) is 3.24. The van der Waals surface area contributed by atoms with E-state index in [2.05, 4.69) is 10.6 Å². The monoisotopic (exact) mass is 230 g/mol. The third-order valence-electron chi connectivity index (χ3n) is 3.24. The molecule has 1 saturated heterocycles. The third kappa shape index (κ3) is 2.14. The Morgan fingerprint density at radius 2 is 2.06 bits per heavy atom. The predicted octanol–water partition coefficient (Wildman–Crippen LogP) is 1.07. The van der Waals surface area contributed by atoms with Crippen LogP contribution in [0.3, 0.4) is 0 Å². The van der Waals surface area contributed by atoms with Crippen molar-refractivity contribution in [3.8, 4) is 0 Å². The van der Waals surface area contributed by atoms with Crippen LogP contribution >= 0.6 is 0 Å². The molecule has 0 aromatic rings. The summed E-state index contributed by atoms with van der Waals surface area (Å²) in [6.07, 6.45) is -0.539. The fourth-order valence-corrected chi connectivity index (χ4v) is 2.37. The second kappa shape index (κ2) is 3.58. The number of alkyl carbamates (subject to hydrolysis) is 1. The van der Waals surface area contributed by atoms with Crippen molar-refractivity contribution in [1.29, 1.82) is 0 Å². The topological polar surface area (TPSA) is 50.4 Å². The van der Waals surface area contributed by atoms with E-state index in [-0.39, 0.29) is 18.4 Å². The maximum atomic E-state index is 14.1. The summed E-state index contributed by atoms with van der Waals surface area (Å²) in [4.78, 5) is 11.3. The van der Waals surface area contributed by atoms with Crippen LogP contribution in [0, 0.1) is 11.8 Å². The summed E-state index contributed by atoms with van der Waals surface area (Å²) in [5.41, 5.74) is -1.74. The number of hydrogen-bond acceptors (Lipinski definition) is 3. The minimum Gasteiger partial charge on any atom is -0.444 e. The summed E-state index contributed by atoms with van der Waals surface area (Å²) in [5, 5.41) is 5.63. The molecule has 92 valence electrons. The van der Waals surface area contributed by atoms with E-state index in [9.17, 15) is 9.18 Å². The van der Waals surface area contributed by atoms with Crippen molar-refractivity contribution in [1.82, 2.24) is 10.6 Å². The molecule has 1 aliphatic carbocycles. The molecule has 1 aliphatic heterocycles. The summed E-state index contributed by atoms with van der Waals surface area (Å²) in [6, 6.07) is 0. The normalized spacial score (nSPS) is 36.8. The summed E-state index contributed by atoms with van der Waals surface area (Å²) < 4.78 is 19.1. The maximum Gasteiger partial charge on any atom is 0.407 e. The van der Waals surface area contributed by atoms with E-state index in [1.807, 2.05) is 0 Å². The molecule has 2 aliphatic rings. The van der Waals surface area contributed by atoms with Gasteiger partial charge < -0.3 is 15.4 Å². The lowest BCUT2D eigenvalue weighted by Crippen LogP contribution is -2.39. The van der Waals surface area contributed by atoms with Gasteiger partial charge in [-0.05, 0) is 20.8 Å². The van der Waals surface area contributed by atoms with Gasteiger partial charge in [0.2, 0.25) is 0 Å². The number of alkyl halides is 1. The number of carbonyl (C=O) groups excluding carboxylic acids is 1. The number of hydrogen-bond donors (Lipinski definition) is 2. The van der Waals surface area contributed by atoms with Crippen LogP contribution in [0.2, 0.25) is 0 Å². The van der Waals surface area contributed by atoms with E-state index in [0.29, 0.717) is 0 Å². The van der Waals surface area contributed by atoms with E-state index in [1.54, 1.807) is 20.8 Å². The largest absolute Gasteiger partial charge is 0.444 e. The first kappa shape index (κ1) is 11.6. The lowest BCUT2D eigenvalue weighted by atomic mass is 10.2. The van der Waals surface area contributed by atoms with E-state index < -0.39 is 17.4 Å². The molecule has 0 radical (unpaired) electrons. The van der Waals surface area contributed by atoms with Crippen molar-refractivity contribution in [2.45, 2.75) is 32.0 Å². The number of carbonyl (C=O) groups is 1.